The van der Waals surface area contributed by atoms with Crippen molar-refractivity contribution in [1.82, 2.24) is 5.32 Å². The molecule has 0 aromatic heterocycles. The maximum Gasteiger partial charge on any atom is 0.223 e. The summed E-state index contributed by atoms with van der Waals surface area (Å²) >= 11 is 0. The third-order valence-corrected chi connectivity index (χ3v) is 2.03. The first-order valence-electron chi connectivity index (χ1n) is 5.29. The number of carbonyl (C=O) groups is 1. The van der Waals surface area contributed by atoms with Gasteiger partial charge in [-0.3, -0.25) is 4.79 Å². The van der Waals surface area contributed by atoms with Crippen molar-refractivity contribution in [3.8, 4) is 11.5 Å². The Labute approximate surface area is 95.6 Å². The van der Waals surface area contributed by atoms with Crippen LogP contribution in [-0.2, 0) is 4.79 Å². The van der Waals surface area contributed by atoms with Crippen LogP contribution in [0.25, 0.3) is 0 Å². The Morgan fingerprint density at radius 1 is 1.25 bits per heavy atom. The van der Waals surface area contributed by atoms with Crippen LogP contribution in [0.4, 0.5) is 0 Å². The van der Waals surface area contributed by atoms with Gasteiger partial charge in [-0.2, -0.15) is 0 Å². The van der Waals surface area contributed by atoms with Crippen molar-refractivity contribution in [3.05, 3.63) is 24.3 Å². The molecule has 88 valence electrons. The predicted molar refractivity (Wildman–Crippen MR) is 61.8 cm³/mol. The number of nitrogens with one attached hydrogen (secondary N) is 1. The van der Waals surface area contributed by atoms with Gasteiger partial charge in [0.25, 0.3) is 0 Å². The van der Waals surface area contributed by atoms with Crippen molar-refractivity contribution >= 4 is 5.91 Å². The fraction of sp³-hybridized carbons (Fsp3) is 0.417. The molecule has 4 nitrogen and oxygen atoms in total. The van der Waals surface area contributed by atoms with Crippen LogP contribution in [0.15, 0.2) is 24.3 Å². The van der Waals surface area contributed by atoms with Gasteiger partial charge >= 0.3 is 0 Å². The summed E-state index contributed by atoms with van der Waals surface area (Å²) in [5.41, 5.74) is 0. The van der Waals surface area contributed by atoms with Crippen LogP contribution in [0.5, 0.6) is 11.5 Å². The third kappa shape index (κ3) is 4.21. The number of methoxy groups -OCH3 is 1. The SMILES string of the molecule is CCNC(=O)CCOc1ccc(OC)cc1. The first-order chi connectivity index (χ1) is 7.76. The van der Waals surface area contributed by atoms with Crippen LogP contribution >= 0.6 is 0 Å². The topological polar surface area (TPSA) is 47.6 Å². The van der Waals surface area contributed by atoms with Crippen LogP contribution in [0, 0.1) is 0 Å². The molecule has 1 amide bonds. The molecule has 1 aromatic rings. The lowest BCUT2D eigenvalue weighted by atomic mass is 10.3. The zero-order chi connectivity index (χ0) is 11.8. The highest BCUT2D eigenvalue weighted by molar-refractivity contribution is 5.75. The molecule has 0 aliphatic rings. The van der Waals surface area contributed by atoms with Gasteiger partial charge in [-0.25, -0.2) is 0 Å². The Balaban J connectivity index is 2.29. The smallest absolute Gasteiger partial charge is 0.223 e. The van der Waals surface area contributed by atoms with Gasteiger partial charge in [-0.1, -0.05) is 0 Å². The number of hydrogen-bond donors (Lipinski definition) is 1. The minimum Gasteiger partial charge on any atom is -0.497 e. The van der Waals surface area contributed by atoms with Gasteiger partial charge in [-0.15, -0.1) is 0 Å². The van der Waals surface area contributed by atoms with Crippen molar-refractivity contribution in [3.63, 3.8) is 0 Å². The maximum atomic E-state index is 11.1. The number of ether oxygens (including phenoxy) is 2. The molecule has 0 spiro atoms. The van der Waals surface area contributed by atoms with Gasteiger partial charge in [0.2, 0.25) is 5.91 Å². The van der Waals surface area contributed by atoms with E-state index in [2.05, 4.69) is 5.32 Å². The Bertz CT molecular complexity index is 322. The van der Waals surface area contributed by atoms with Crippen molar-refractivity contribution in [2.45, 2.75) is 13.3 Å². The van der Waals surface area contributed by atoms with Crippen LogP contribution in [0.2, 0.25) is 0 Å². The predicted octanol–water partition coefficient (Wildman–Crippen LogP) is 1.60. The largest absolute Gasteiger partial charge is 0.497 e. The summed E-state index contributed by atoms with van der Waals surface area (Å²) in [6.45, 7) is 2.93. The van der Waals surface area contributed by atoms with Gasteiger partial charge < -0.3 is 14.8 Å². The molecule has 0 fully saturated rings. The molecule has 0 radical (unpaired) electrons. The molecule has 16 heavy (non-hydrogen) atoms. The van der Waals surface area contributed by atoms with E-state index >= 15 is 0 Å². The number of rotatable bonds is 6. The minimum absolute atomic E-state index is 0.0102. The number of benzene rings is 1. The quantitative estimate of drug-likeness (QED) is 0.796. The van der Waals surface area contributed by atoms with Crippen LogP contribution in [0.3, 0.4) is 0 Å². The van der Waals surface area contributed by atoms with Crippen LogP contribution < -0.4 is 14.8 Å². The molecular weight excluding hydrogens is 206 g/mol. The fourth-order valence-electron chi connectivity index (χ4n) is 1.22. The fourth-order valence-corrected chi connectivity index (χ4v) is 1.22. The zero-order valence-electron chi connectivity index (χ0n) is 9.66. The molecule has 0 aliphatic heterocycles. The highest BCUT2D eigenvalue weighted by atomic mass is 16.5. The van der Waals surface area contributed by atoms with Gasteiger partial charge in [0.05, 0.1) is 20.1 Å². The van der Waals surface area contributed by atoms with Crippen molar-refractivity contribution in [1.29, 1.82) is 0 Å². The molecule has 0 atom stereocenters. The molecular formula is C12H17NO3. The Morgan fingerprint density at radius 3 is 2.44 bits per heavy atom. The summed E-state index contributed by atoms with van der Waals surface area (Å²) in [7, 11) is 1.62. The summed E-state index contributed by atoms with van der Waals surface area (Å²) in [4.78, 5) is 11.1. The van der Waals surface area contributed by atoms with Gasteiger partial charge in [0.15, 0.2) is 0 Å². The summed E-state index contributed by atoms with van der Waals surface area (Å²) < 4.78 is 10.4. The van der Waals surface area contributed by atoms with Gasteiger partial charge in [-0.05, 0) is 31.2 Å². The molecule has 0 heterocycles. The van der Waals surface area contributed by atoms with E-state index in [-0.39, 0.29) is 5.91 Å². The van der Waals surface area contributed by atoms with Crippen molar-refractivity contribution in [2.75, 3.05) is 20.3 Å². The number of amides is 1. The number of hydrogen-bond acceptors (Lipinski definition) is 3. The normalized spacial score (nSPS) is 9.62. The molecule has 0 saturated carbocycles. The number of carbonyl (C=O) groups excluding carboxylic acids is 1. The second-order valence-electron chi connectivity index (χ2n) is 3.23. The van der Waals surface area contributed by atoms with Crippen LogP contribution in [0.1, 0.15) is 13.3 Å². The molecule has 1 rings (SSSR count). The van der Waals surface area contributed by atoms with E-state index in [1.165, 1.54) is 0 Å². The molecule has 0 bridgehead atoms. The summed E-state index contributed by atoms with van der Waals surface area (Å²) in [6.07, 6.45) is 0.375. The van der Waals surface area contributed by atoms with E-state index < -0.39 is 0 Å². The monoisotopic (exact) mass is 223 g/mol. The molecule has 4 heteroatoms. The first kappa shape index (κ1) is 12.4. The average molecular weight is 223 g/mol. The van der Waals surface area contributed by atoms with Gasteiger partial charge in [0.1, 0.15) is 11.5 Å². The van der Waals surface area contributed by atoms with E-state index in [0.717, 1.165) is 11.5 Å². The standard InChI is InChI=1S/C12H17NO3/c1-3-13-12(14)8-9-16-11-6-4-10(15-2)5-7-11/h4-7H,3,8-9H2,1-2H3,(H,13,14). The molecule has 0 saturated heterocycles. The van der Waals surface area contributed by atoms with Crippen molar-refractivity contribution < 1.29 is 14.3 Å². The Kier molecular flexibility index (Phi) is 5.19. The Hall–Kier alpha value is -1.71. The second kappa shape index (κ2) is 6.71. The summed E-state index contributed by atoms with van der Waals surface area (Å²) in [6, 6.07) is 7.27. The zero-order valence-corrected chi connectivity index (χ0v) is 9.66. The lowest BCUT2D eigenvalue weighted by Gasteiger charge is -2.06. The summed E-state index contributed by atoms with van der Waals surface area (Å²) in [5.74, 6) is 1.54. The lowest BCUT2D eigenvalue weighted by Crippen LogP contribution is -2.24. The highest BCUT2D eigenvalue weighted by Crippen LogP contribution is 2.16. The molecule has 1 N–H and O–H groups in total. The molecule has 0 unspecified atom stereocenters. The maximum absolute atomic E-state index is 11.1. The van der Waals surface area contributed by atoms with E-state index in [1.54, 1.807) is 7.11 Å². The average Bonchev–Trinajstić information content (AvgIpc) is 2.30. The second-order valence-corrected chi connectivity index (χ2v) is 3.23. The van der Waals surface area contributed by atoms with Crippen LogP contribution in [-0.4, -0.2) is 26.2 Å². The van der Waals surface area contributed by atoms with Crippen molar-refractivity contribution in [2.24, 2.45) is 0 Å². The third-order valence-electron chi connectivity index (χ3n) is 2.03. The highest BCUT2D eigenvalue weighted by Gasteiger charge is 2.00. The summed E-state index contributed by atoms with van der Waals surface area (Å²) in [5, 5.41) is 2.71. The van der Waals surface area contributed by atoms with E-state index in [1.807, 2.05) is 31.2 Å². The van der Waals surface area contributed by atoms with Gasteiger partial charge in [0, 0.05) is 6.54 Å². The first-order valence-corrected chi connectivity index (χ1v) is 5.29. The van der Waals surface area contributed by atoms with E-state index in [0.29, 0.717) is 19.6 Å². The van der Waals surface area contributed by atoms with E-state index in [4.69, 9.17) is 9.47 Å². The Morgan fingerprint density at radius 2 is 1.88 bits per heavy atom. The molecule has 0 aliphatic carbocycles. The molecule has 1 aromatic carbocycles. The minimum atomic E-state index is 0.0102. The van der Waals surface area contributed by atoms with E-state index in [9.17, 15) is 4.79 Å². The lowest BCUT2D eigenvalue weighted by molar-refractivity contribution is -0.121.